The third-order valence-corrected chi connectivity index (χ3v) is 3.50. The fourth-order valence-electron chi connectivity index (χ4n) is 2.21. The van der Waals surface area contributed by atoms with Crippen LogP contribution in [0.3, 0.4) is 0 Å². The van der Waals surface area contributed by atoms with Crippen LogP contribution in [0, 0.1) is 10.1 Å². The number of nitro benzene ring substituents is 1. The summed E-state index contributed by atoms with van der Waals surface area (Å²) in [5.74, 6) is 0.453. The van der Waals surface area contributed by atoms with Crippen molar-refractivity contribution in [2.24, 2.45) is 0 Å². The number of nitrogens with one attached hydrogen (secondary N) is 1. The van der Waals surface area contributed by atoms with E-state index in [9.17, 15) is 10.1 Å². The molecule has 0 radical (unpaired) electrons. The topological polar surface area (TPSA) is 81.2 Å². The van der Waals surface area contributed by atoms with Gasteiger partial charge in [0.2, 0.25) is 0 Å². The average Bonchev–Trinajstić information content (AvgIpc) is 2.47. The minimum absolute atomic E-state index is 0.0572. The predicted molar refractivity (Wildman–Crippen MR) is 85.5 cm³/mol. The maximum atomic E-state index is 10.7. The van der Waals surface area contributed by atoms with Crippen molar-refractivity contribution in [2.75, 3.05) is 17.6 Å². The molecule has 5 nitrogen and oxygen atoms in total. The van der Waals surface area contributed by atoms with Gasteiger partial charge in [-0.1, -0.05) is 37.3 Å². The van der Waals surface area contributed by atoms with Gasteiger partial charge in [-0.05, 0) is 30.0 Å². The number of benzene rings is 2. The SMILES string of the molecule is CC(CCNc1ccc([N+](=O)[O-])c(N)c1)c1ccccc1. The second-order valence-electron chi connectivity index (χ2n) is 5.06. The monoisotopic (exact) mass is 285 g/mol. The minimum Gasteiger partial charge on any atom is -0.393 e. The van der Waals surface area contributed by atoms with E-state index in [2.05, 4.69) is 24.4 Å². The van der Waals surface area contributed by atoms with Gasteiger partial charge < -0.3 is 11.1 Å². The molecule has 0 spiro atoms. The summed E-state index contributed by atoms with van der Waals surface area (Å²) in [5.41, 5.74) is 7.90. The van der Waals surface area contributed by atoms with E-state index in [0.717, 1.165) is 18.7 Å². The molecule has 0 bridgehead atoms. The summed E-state index contributed by atoms with van der Waals surface area (Å²) in [7, 11) is 0. The molecule has 0 heterocycles. The summed E-state index contributed by atoms with van der Waals surface area (Å²) in [4.78, 5) is 10.2. The van der Waals surface area contributed by atoms with Crippen LogP contribution in [0.15, 0.2) is 48.5 Å². The van der Waals surface area contributed by atoms with Crippen LogP contribution in [0.1, 0.15) is 24.8 Å². The number of nitro groups is 1. The number of hydrogen-bond donors (Lipinski definition) is 2. The maximum absolute atomic E-state index is 10.7. The minimum atomic E-state index is -0.476. The number of nitrogen functional groups attached to an aromatic ring is 1. The molecule has 0 saturated carbocycles. The second-order valence-corrected chi connectivity index (χ2v) is 5.06. The molecule has 0 aliphatic rings. The maximum Gasteiger partial charge on any atom is 0.292 e. The summed E-state index contributed by atoms with van der Waals surface area (Å²) in [6, 6.07) is 15.0. The molecule has 5 heteroatoms. The normalized spacial score (nSPS) is 11.9. The Morgan fingerprint density at radius 3 is 2.57 bits per heavy atom. The molecule has 3 N–H and O–H groups in total. The fraction of sp³-hybridized carbons (Fsp3) is 0.250. The van der Waals surface area contributed by atoms with E-state index < -0.39 is 4.92 Å². The summed E-state index contributed by atoms with van der Waals surface area (Å²) < 4.78 is 0. The molecule has 2 aromatic rings. The molecule has 0 amide bonds. The van der Waals surface area contributed by atoms with Crippen LogP contribution in [-0.4, -0.2) is 11.5 Å². The lowest BCUT2D eigenvalue weighted by Gasteiger charge is -2.13. The third kappa shape index (κ3) is 3.95. The van der Waals surface area contributed by atoms with Gasteiger partial charge in [0.1, 0.15) is 5.69 Å². The van der Waals surface area contributed by atoms with Crippen molar-refractivity contribution in [1.82, 2.24) is 0 Å². The van der Waals surface area contributed by atoms with Crippen molar-refractivity contribution in [3.63, 3.8) is 0 Å². The fourth-order valence-corrected chi connectivity index (χ4v) is 2.21. The first kappa shape index (κ1) is 14.8. The largest absolute Gasteiger partial charge is 0.393 e. The average molecular weight is 285 g/mol. The summed E-state index contributed by atoms with van der Waals surface area (Å²) >= 11 is 0. The van der Waals surface area contributed by atoms with E-state index in [1.54, 1.807) is 12.1 Å². The lowest BCUT2D eigenvalue weighted by Crippen LogP contribution is -2.06. The number of nitrogens with two attached hydrogens (primary N) is 1. The Hall–Kier alpha value is -2.56. The summed E-state index contributed by atoms with van der Waals surface area (Å²) in [5, 5.41) is 13.9. The van der Waals surface area contributed by atoms with Gasteiger partial charge in [0.15, 0.2) is 0 Å². The van der Waals surface area contributed by atoms with Crippen molar-refractivity contribution in [1.29, 1.82) is 0 Å². The Labute approximate surface area is 123 Å². The zero-order chi connectivity index (χ0) is 15.2. The molecule has 0 saturated heterocycles. The highest BCUT2D eigenvalue weighted by Gasteiger charge is 2.11. The van der Waals surface area contributed by atoms with E-state index in [1.165, 1.54) is 11.6 Å². The van der Waals surface area contributed by atoms with Crippen LogP contribution in [0.4, 0.5) is 17.1 Å². The van der Waals surface area contributed by atoms with E-state index >= 15 is 0 Å². The van der Waals surface area contributed by atoms with Crippen molar-refractivity contribution >= 4 is 17.1 Å². The number of rotatable bonds is 6. The molecule has 2 aromatic carbocycles. The molecule has 2 rings (SSSR count). The highest BCUT2D eigenvalue weighted by Crippen LogP contribution is 2.25. The highest BCUT2D eigenvalue weighted by molar-refractivity contribution is 5.65. The van der Waals surface area contributed by atoms with E-state index in [4.69, 9.17) is 5.73 Å². The first-order chi connectivity index (χ1) is 10.1. The number of nitrogens with zero attached hydrogens (tertiary/aromatic N) is 1. The number of anilines is 2. The van der Waals surface area contributed by atoms with Crippen LogP contribution in [-0.2, 0) is 0 Å². The second kappa shape index (κ2) is 6.74. The first-order valence-electron chi connectivity index (χ1n) is 6.90. The van der Waals surface area contributed by atoms with E-state index in [0.29, 0.717) is 5.92 Å². The van der Waals surface area contributed by atoms with Gasteiger partial charge in [0.25, 0.3) is 5.69 Å². The van der Waals surface area contributed by atoms with Gasteiger partial charge >= 0.3 is 0 Å². The van der Waals surface area contributed by atoms with Crippen molar-refractivity contribution in [2.45, 2.75) is 19.3 Å². The van der Waals surface area contributed by atoms with Crippen LogP contribution >= 0.6 is 0 Å². The standard InChI is InChI=1S/C16H19N3O2/c1-12(13-5-3-2-4-6-13)9-10-18-14-7-8-16(19(20)21)15(17)11-14/h2-8,11-12,18H,9-10,17H2,1H3. The van der Waals surface area contributed by atoms with Gasteiger partial charge in [0.05, 0.1) is 4.92 Å². The summed E-state index contributed by atoms with van der Waals surface area (Å²) in [6.07, 6.45) is 0.973. The molecular formula is C16H19N3O2. The lowest BCUT2D eigenvalue weighted by atomic mass is 9.98. The molecule has 1 atom stereocenters. The molecule has 0 aliphatic heterocycles. The summed E-state index contributed by atoms with van der Waals surface area (Å²) in [6.45, 7) is 2.97. The smallest absolute Gasteiger partial charge is 0.292 e. The van der Waals surface area contributed by atoms with Crippen molar-refractivity contribution in [3.8, 4) is 0 Å². The predicted octanol–water partition coefficient (Wildman–Crippen LogP) is 3.78. The van der Waals surface area contributed by atoms with Gasteiger partial charge in [-0.3, -0.25) is 10.1 Å². The lowest BCUT2D eigenvalue weighted by molar-refractivity contribution is -0.383. The Kier molecular flexibility index (Phi) is 4.77. The van der Waals surface area contributed by atoms with Gasteiger partial charge in [-0.2, -0.15) is 0 Å². The van der Waals surface area contributed by atoms with Gasteiger partial charge in [-0.15, -0.1) is 0 Å². The van der Waals surface area contributed by atoms with Crippen LogP contribution < -0.4 is 11.1 Å². The van der Waals surface area contributed by atoms with Crippen LogP contribution in [0.5, 0.6) is 0 Å². The molecule has 0 aliphatic carbocycles. The van der Waals surface area contributed by atoms with E-state index in [-0.39, 0.29) is 11.4 Å². The number of hydrogen-bond acceptors (Lipinski definition) is 4. The zero-order valence-electron chi connectivity index (χ0n) is 12.0. The Morgan fingerprint density at radius 1 is 1.24 bits per heavy atom. The van der Waals surface area contributed by atoms with Crippen molar-refractivity contribution in [3.05, 3.63) is 64.2 Å². The Bertz CT molecular complexity index is 614. The zero-order valence-corrected chi connectivity index (χ0v) is 12.0. The molecule has 1 unspecified atom stereocenters. The van der Waals surface area contributed by atoms with Gasteiger partial charge in [-0.25, -0.2) is 0 Å². The molecule has 0 aromatic heterocycles. The molecule has 0 fully saturated rings. The first-order valence-corrected chi connectivity index (χ1v) is 6.90. The third-order valence-electron chi connectivity index (χ3n) is 3.50. The van der Waals surface area contributed by atoms with Crippen molar-refractivity contribution < 1.29 is 4.92 Å². The molecular weight excluding hydrogens is 266 g/mol. The highest BCUT2D eigenvalue weighted by atomic mass is 16.6. The Balaban J connectivity index is 1.89. The quantitative estimate of drug-likeness (QED) is 0.480. The van der Waals surface area contributed by atoms with E-state index in [1.807, 2.05) is 18.2 Å². The molecule has 21 heavy (non-hydrogen) atoms. The van der Waals surface area contributed by atoms with Crippen LogP contribution in [0.2, 0.25) is 0 Å². The van der Waals surface area contributed by atoms with Crippen LogP contribution in [0.25, 0.3) is 0 Å². The Morgan fingerprint density at radius 2 is 1.95 bits per heavy atom. The van der Waals surface area contributed by atoms with Gasteiger partial charge in [0, 0.05) is 18.3 Å². The molecule has 110 valence electrons.